The highest BCUT2D eigenvalue weighted by Gasteiger charge is 2.28. The summed E-state index contributed by atoms with van der Waals surface area (Å²) in [7, 11) is 3.19. The number of urea groups is 1. The Morgan fingerprint density at radius 1 is 0.912 bits per heavy atom. The van der Waals surface area contributed by atoms with E-state index in [-0.39, 0.29) is 12.0 Å². The van der Waals surface area contributed by atoms with E-state index in [0.717, 1.165) is 31.5 Å². The van der Waals surface area contributed by atoms with Crippen LogP contribution in [0.1, 0.15) is 12.8 Å². The number of nitrogen functional groups attached to an aromatic ring is 1. The maximum Gasteiger partial charge on any atom is 0.320 e. The highest BCUT2D eigenvalue weighted by molar-refractivity contribution is 5.86. The van der Waals surface area contributed by atoms with Crippen LogP contribution in [0, 0.1) is 0 Å². The molecular formula is C23H28N8O3. The van der Waals surface area contributed by atoms with Gasteiger partial charge in [0.2, 0.25) is 5.95 Å². The predicted molar refractivity (Wildman–Crippen MR) is 128 cm³/mol. The van der Waals surface area contributed by atoms with Crippen LogP contribution in [0.5, 0.6) is 11.5 Å². The number of nitrogens with zero attached hydrogens (tertiary/aromatic N) is 7. The summed E-state index contributed by atoms with van der Waals surface area (Å²) >= 11 is 0. The van der Waals surface area contributed by atoms with Crippen molar-refractivity contribution in [3.05, 3.63) is 24.4 Å². The molecule has 2 aliphatic heterocycles. The van der Waals surface area contributed by atoms with Crippen molar-refractivity contribution in [3.8, 4) is 22.8 Å². The molecule has 11 heteroatoms. The number of carbonyl (C=O) groups excluding carboxylic acids is 1. The summed E-state index contributed by atoms with van der Waals surface area (Å²) in [6.45, 7) is 4.19. The Morgan fingerprint density at radius 2 is 1.62 bits per heavy atom. The van der Waals surface area contributed by atoms with Gasteiger partial charge < -0.3 is 29.9 Å². The van der Waals surface area contributed by atoms with Gasteiger partial charge in [-0.3, -0.25) is 0 Å². The number of benzene rings is 1. The van der Waals surface area contributed by atoms with E-state index in [1.165, 1.54) is 0 Å². The molecule has 2 amide bonds. The maximum atomic E-state index is 12.8. The molecule has 34 heavy (non-hydrogen) atoms. The van der Waals surface area contributed by atoms with E-state index in [4.69, 9.17) is 20.2 Å². The lowest BCUT2D eigenvalue weighted by Gasteiger charge is -2.37. The van der Waals surface area contributed by atoms with Gasteiger partial charge in [-0.25, -0.2) is 14.8 Å². The van der Waals surface area contributed by atoms with Crippen molar-refractivity contribution in [2.75, 3.05) is 64.1 Å². The second kappa shape index (κ2) is 9.16. The van der Waals surface area contributed by atoms with Crippen LogP contribution in [-0.2, 0) is 0 Å². The Kier molecular flexibility index (Phi) is 5.91. The standard InChI is InChI=1S/C23H28N8O3/c1-33-17-6-5-15(13-18(17)34-2)16-14-25-20-19(26-16)21(28-22(24)27-20)29-9-11-31(12-10-29)23(32)30-7-3-4-8-30/h5-6,13-14H,3-4,7-12H2,1-2H3,(H2,24,25,27,28). The molecule has 0 spiro atoms. The van der Waals surface area contributed by atoms with E-state index >= 15 is 0 Å². The van der Waals surface area contributed by atoms with Gasteiger partial charge in [0.15, 0.2) is 28.5 Å². The number of fused-ring (bicyclic) bond motifs is 1. The first-order valence-electron chi connectivity index (χ1n) is 11.4. The normalized spacial score (nSPS) is 16.2. The molecule has 3 aromatic rings. The molecule has 2 N–H and O–H groups in total. The molecule has 11 nitrogen and oxygen atoms in total. The number of aromatic nitrogens is 4. The van der Waals surface area contributed by atoms with Crippen molar-refractivity contribution in [1.29, 1.82) is 0 Å². The number of hydrogen-bond donors (Lipinski definition) is 1. The number of rotatable bonds is 4. The minimum atomic E-state index is 0.125. The first-order chi connectivity index (χ1) is 16.6. The largest absolute Gasteiger partial charge is 0.493 e. The summed E-state index contributed by atoms with van der Waals surface area (Å²) in [5, 5.41) is 0. The molecule has 4 heterocycles. The number of piperazine rings is 1. The molecule has 178 valence electrons. The zero-order chi connectivity index (χ0) is 23.7. The molecule has 2 aliphatic rings. The molecule has 2 aromatic heterocycles. The Bertz CT molecular complexity index is 1210. The van der Waals surface area contributed by atoms with Gasteiger partial charge in [0.1, 0.15) is 0 Å². The maximum absolute atomic E-state index is 12.8. The van der Waals surface area contributed by atoms with Crippen LogP contribution < -0.4 is 20.1 Å². The Labute approximate surface area is 197 Å². The molecule has 0 saturated carbocycles. The van der Waals surface area contributed by atoms with Crippen LogP contribution in [-0.4, -0.2) is 89.3 Å². The van der Waals surface area contributed by atoms with Crippen molar-refractivity contribution in [1.82, 2.24) is 29.7 Å². The summed E-state index contributed by atoms with van der Waals surface area (Å²) in [5.41, 5.74) is 8.48. The minimum Gasteiger partial charge on any atom is -0.493 e. The molecule has 0 atom stereocenters. The first-order valence-corrected chi connectivity index (χ1v) is 11.4. The van der Waals surface area contributed by atoms with Crippen LogP contribution in [0.2, 0.25) is 0 Å². The number of anilines is 2. The SMILES string of the molecule is COc1ccc(-c2cnc3nc(N)nc(N4CCN(C(=O)N5CCCC5)CC4)c3n2)cc1OC. The molecule has 5 rings (SSSR count). The fraction of sp³-hybridized carbons (Fsp3) is 0.435. The smallest absolute Gasteiger partial charge is 0.320 e. The number of ether oxygens (including phenoxy) is 2. The summed E-state index contributed by atoms with van der Waals surface area (Å²) in [5.74, 6) is 2.02. The van der Waals surface area contributed by atoms with E-state index in [9.17, 15) is 4.79 Å². The zero-order valence-electron chi connectivity index (χ0n) is 19.4. The van der Waals surface area contributed by atoms with Gasteiger partial charge in [0.05, 0.1) is 26.1 Å². The molecule has 2 saturated heterocycles. The summed E-state index contributed by atoms with van der Waals surface area (Å²) < 4.78 is 10.8. The van der Waals surface area contributed by atoms with E-state index in [1.54, 1.807) is 20.4 Å². The second-order valence-electron chi connectivity index (χ2n) is 8.35. The Hall–Kier alpha value is -3.89. The van der Waals surface area contributed by atoms with Gasteiger partial charge in [0.25, 0.3) is 0 Å². The first kappa shape index (κ1) is 21.9. The third-order valence-corrected chi connectivity index (χ3v) is 6.31. The predicted octanol–water partition coefficient (Wildman–Crippen LogP) is 2.02. The topological polar surface area (TPSA) is 123 Å². The average Bonchev–Trinajstić information content (AvgIpc) is 3.42. The number of carbonyl (C=O) groups is 1. The van der Waals surface area contributed by atoms with Crippen LogP contribution in [0.4, 0.5) is 16.6 Å². The second-order valence-corrected chi connectivity index (χ2v) is 8.35. The van der Waals surface area contributed by atoms with Crippen LogP contribution in [0.15, 0.2) is 24.4 Å². The highest BCUT2D eigenvalue weighted by Crippen LogP contribution is 2.33. The summed E-state index contributed by atoms with van der Waals surface area (Å²) in [6, 6.07) is 5.71. The van der Waals surface area contributed by atoms with E-state index in [0.29, 0.717) is 60.4 Å². The van der Waals surface area contributed by atoms with Crippen LogP contribution >= 0.6 is 0 Å². The van der Waals surface area contributed by atoms with E-state index < -0.39 is 0 Å². The van der Waals surface area contributed by atoms with Gasteiger partial charge in [-0.2, -0.15) is 9.97 Å². The average molecular weight is 465 g/mol. The number of amides is 2. The summed E-state index contributed by atoms with van der Waals surface area (Å²) in [4.78, 5) is 36.8. The van der Waals surface area contributed by atoms with Gasteiger partial charge in [0, 0.05) is 44.8 Å². The van der Waals surface area contributed by atoms with Crippen molar-refractivity contribution in [2.24, 2.45) is 0 Å². The van der Waals surface area contributed by atoms with Gasteiger partial charge >= 0.3 is 6.03 Å². The van der Waals surface area contributed by atoms with Crippen molar-refractivity contribution in [3.63, 3.8) is 0 Å². The lowest BCUT2D eigenvalue weighted by atomic mass is 10.1. The van der Waals surface area contributed by atoms with Crippen molar-refractivity contribution >= 4 is 29.0 Å². The van der Waals surface area contributed by atoms with E-state index in [2.05, 4.69) is 19.9 Å². The number of methoxy groups -OCH3 is 2. The number of nitrogens with two attached hydrogens (primary N) is 1. The lowest BCUT2D eigenvalue weighted by molar-refractivity contribution is 0.159. The molecule has 1 aromatic carbocycles. The van der Waals surface area contributed by atoms with Gasteiger partial charge in [-0.05, 0) is 31.0 Å². The van der Waals surface area contributed by atoms with E-state index in [1.807, 2.05) is 28.0 Å². The number of likely N-dealkylation sites (tertiary alicyclic amines) is 1. The van der Waals surface area contributed by atoms with Crippen LogP contribution in [0.3, 0.4) is 0 Å². The monoisotopic (exact) mass is 464 g/mol. The van der Waals surface area contributed by atoms with Crippen LogP contribution in [0.25, 0.3) is 22.4 Å². The fourth-order valence-electron chi connectivity index (χ4n) is 4.48. The molecular weight excluding hydrogens is 436 g/mol. The third kappa shape index (κ3) is 4.09. The third-order valence-electron chi connectivity index (χ3n) is 6.31. The Morgan fingerprint density at radius 3 is 2.32 bits per heavy atom. The molecule has 0 aliphatic carbocycles. The zero-order valence-corrected chi connectivity index (χ0v) is 19.4. The number of hydrogen-bond acceptors (Lipinski definition) is 9. The fourth-order valence-corrected chi connectivity index (χ4v) is 4.48. The highest BCUT2D eigenvalue weighted by atomic mass is 16.5. The minimum absolute atomic E-state index is 0.125. The summed E-state index contributed by atoms with van der Waals surface area (Å²) in [6.07, 6.45) is 3.82. The molecule has 0 bridgehead atoms. The molecule has 0 unspecified atom stereocenters. The quantitative estimate of drug-likeness (QED) is 0.618. The lowest BCUT2D eigenvalue weighted by Crippen LogP contribution is -2.52. The van der Waals surface area contributed by atoms with Gasteiger partial charge in [-0.15, -0.1) is 0 Å². The van der Waals surface area contributed by atoms with Crippen molar-refractivity contribution in [2.45, 2.75) is 12.8 Å². The van der Waals surface area contributed by atoms with Gasteiger partial charge in [-0.1, -0.05) is 0 Å². The molecule has 0 radical (unpaired) electrons. The molecule has 2 fully saturated rings. The Balaban J connectivity index is 1.43. The van der Waals surface area contributed by atoms with Crippen molar-refractivity contribution < 1.29 is 14.3 Å².